The van der Waals surface area contributed by atoms with E-state index in [1.54, 1.807) is 0 Å². The van der Waals surface area contributed by atoms with Gasteiger partial charge in [-0.05, 0) is 24.6 Å². The molecule has 0 radical (unpaired) electrons. The van der Waals surface area contributed by atoms with Crippen LogP contribution >= 0.6 is 11.6 Å². The second-order valence-electron chi connectivity index (χ2n) is 4.98. The molecule has 0 aromatic heterocycles. The van der Waals surface area contributed by atoms with Gasteiger partial charge < -0.3 is 0 Å². The molecule has 9 heteroatoms. The summed E-state index contributed by atoms with van der Waals surface area (Å²) in [6.45, 7) is 1.33. The van der Waals surface area contributed by atoms with Crippen LogP contribution in [-0.2, 0) is 25.7 Å². The molecule has 1 aromatic carbocycles. The molecule has 0 bridgehead atoms. The average molecular weight is 356 g/mol. The van der Waals surface area contributed by atoms with E-state index in [4.69, 9.17) is 11.6 Å². The number of hydrogen-bond donors (Lipinski definition) is 0. The van der Waals surface area contributed by atoms with Crippen LogP contribution in [0, 0.1) is 5.82 Å². The summed E-state index contributed by atoms with van der Waals surface area (Å²) in [5.41, 5.74) is 0.480. The Hall–Kier alpha value is -0.700. The van der Waals surface area contributed by atoms with Gasteiger partial charge in [-0.15, -0.1) is 11.6 Å². The molecule has 1 saturated heterocycles. The molecule has 1 unspecified atom stereocenters. The predicted molar refractivity (Wildman–Crippen MR) is 78.0 cm³/mol. The summed E-state index contributed by atoms with van der Waals surface area (Å²) in [7, 11) is -7.34. The van der Waals surface area contributed by atoms with Crippen LogP contribution in [0.3, 0.4) is 0 Å². The van der Waals surface area contributed by atoms with Crippen molar-refractivity contribution in [3.8, 4) is 0 Å². The third-order valence-corrected chi connectivity index (χ3v) is 7.48. The van der Waals surface area contributed by atoms with Crippen molar-refractivity contribution in [1.29, 1.82) is 0 Å². The molecular formula is C12H15ClFNO4S2. The van der Waals surface area contributed by atoms with Crippen LogP contribution in [0.15, 0.2) is 23.1 Å². The van der Waals surface area contributed by atoms with Crippen molar-refractivity contribution in [3.05, 3.63) is 29.6 Å². The maximum atomic E-state index is 13.9. The fourth-order valence-electron chi connectivity index (χ4n) is 2.30. The Morgan fingerprint density at radius 2 is 2.10 bits per heavy atom. The predicted octanol–water partition coefficient (Wildman–Crippen LogP) is 1.37. The van der Waals surface area contributed by atoms with Crippen molar-refractivity contribution in [2.24, 2.45) is 0 Å². The largest absolute Gasteiger partial charge is 0.246 e. The lowest BCUT2D eigenvalue weighted by Gasteiger charge is -2.32. The van der Waals surface area contributed by atoms with Gasteiger partial charge in [-0.25, -0.2) is 21.2 Å². The van der Waals surface area contributed by atoms with E-state index in [9.17, 15) is 21.2 Å². The molecule has 21 heavy (non-hydrogen) atoms. The second-order valence-corrected chi connectivity index (χ2v) is 9.33. The van der Waals surface area contributed by atoms with E-state index >= 15 is 0 Å². The van der Waals surface area contributed by atoms with Gasteiger partial charge in [0.25, 0.3) is 0 Å². The highest BCUT2D eigenvalue weighted by Gasteiger charge is 2.37. The Bertz CT molecular complexity index is 749. The van der Waals surface area contributed by atoms with Crippen LogP contribution in [0.25, 0.3) is 0 Å². The smallest absolute Gasteiger partial charge is 0.229 e. The third kappa shape index (κ3) is 3.39. The van der Waals surface area contributed by atoms with Crippen molar-refractivity contribution in [2.75, 3.05) is 18.1 Å². The molecule has 1 aromatic rings. The van der Waals surface area contributed by atoms with E-state index in [2.05, 4.69) is 0 Å². The number of hydrogen-bond acceptors (Lipinski definition) is 4. The summed E-state index contributed by atoms with van der Waals surface area (Å²) in [5, 5.41) is 0. The molecule has 1 fully saturated rings. The monoisotopic (exact) mass is 355 g/mol. The maximum Gasteiger partial charge on any atom is 0.246 e. The lowest BCUT2D eigenvalue weighted by molar-refractivity contribution is 0.355. The van der Waals surface area contributed by atoms with Gasteiger partial charge in [0.1, 0.15) is 10.7 Å². The molecule has 2 rings (SSSR count). The zero-order valence-electron chi connectivity index (χ0n) is 11.3. The topological polar surface area (TPSA) is 71.5 Å². The average Bonchev–Trinajstić information content (AvgIpc) is 2.37. The molecule has 1 atom stereocenters. The molecule has 5 nitrogen and oxygen atoms in total. The number of nitrogens with zero attached hydrogens (tertiary/aromatic N) is 1. The lowest BCUT2D eigenvalue weighted by Crippen LogP contribution is -2.49. The van der Waals surface area contributed by atoms with Gasteiger partial charge in [0.05, 0.1) is 11.5 Å². The normalized spacial score (nSPS) is 23.1. The molecule has 1 aliphatic heterocycles. The van der Waals surface area contributed by atoms with Crippen LogP contribution in [0.5, 0.6) is 0 Å². The van der Waals surface area contributed by atoms with E-state index in [0.717, 1.165) is 10.4 Å². The molecule has 1 heterocycles. The van der Waals surface area contributed by atoms with Crippen LogP contribution in [-0.4, -0.2) is 45.2 Å². The van der Waals surface area contributed by atoms with E-state index in [1.807, 2.05) is 0 Å². The van der Waals surface area contributed by atoms with Crippen LogP contribution < -0.4 is 0 Å². The number of rotatable bonds is 3. The first kappa shape index (κ1) is 16.7. The molecule has 0 aliphatic carbocycles. The summed E-state index contributed by atoms with van der Waals surface area (Å²) in [5.74, 6) is -1.33. The van der Waals surface area contributed by atoms with Gasteiger partial charge in [-0.1, -0.05) is 6.07 Å². The van der Waals surface area contributed by atoms with Gasteiger partial charge in [0.2, 0.25) is 10.0 Å². The van der Waals surface area contributed by atoms with Gasteiger partial charge in [0.15, 0.2) is 9.84 Å². The zero-order valence-corrected chi connectivity index (χ0v) is 13.7. The highest BCUT2D eigenvalue weighted by molar-refractivity contribution is 7.92. The molecule has 0 amide bonds. The number of sulfonamides is 1. The molecule has 0 spiro atoms. The van der Waals surface area contributed by atoms with Gasteiger partial charge in [-0.3, -0.25) is 0 Å². The highest BCUT2D eigenvalue weighted by atomic mass is 35.5. The van der Waals surface area contributed by atoms with E-state index in [0.29, 0.717) is 5.56 Å². The Balaban J connectivity index is 2.43. The fraction of sp³-hybridized carbons (Fsp3) is 0.500. The van der Waals surface area contributed by atoms with E-state index in [-0.39, 0.29) is 23.9 Å². The number of halogens is 2. The van der Waals surface area contributed by atoms with Gasteiger partial charge in [0, 0.05) is 18.5 Å². The Morgan fingerprint density at radius 1 is 1.43 bits per heavy atom. The second kappa shape index (κ2) is 5.83. The Labute approximate surface area is 128 Å². The number of alkyl halides is 1. The third-order valence-electron chi connectivity index (χ3n) is 3.35. The minimum absolute atomic E-state index is 0.0622. The first-order valence-electron chi connectivity index (χ1n) is 6.24. The van der Waals surface area contributed by atoms with Crippen molar-refractivity contribution in [3.63, 3.8) is 0 Å². The van der Waals surface area contributed by atoms with E-state index in [1.165, 1.54) is 19.1 Å². The lowest BCUT2D eigenvalue weighted by atomic mass is 10.2. The SMILES string of the molecule is CC1CS(=O)(=O)CCN1S(=O)(=O)c1cc(CCl)ccc1F. The van der Waals surface area contributed by atoms with Crippen molar-refractivity contribution in [2.45, 2.75) is 23.7 Å². The fourth-order valence-corrected chi connectivity index (χ4v) is 5.98. The van der Waals surface area contributed by atoms with Crippen molar-refractivity contribution in [1.82, 2.24) is 4.31 Å². The van der Waals surface area contributed by atoms with Gasteiger partial charge >= 0.3 is 0 Å². The summed E-state index contributed by atoms with van der Waals surface area (Å²) in [6, 6.07) is 2.92. The molecule has 1 aliphatic rings. The molecule has 0 N–H and O–H groups in total. The Morgan fingerprint density at radius 3 is 2.67 bits per heavy atom. The van der Waals surface area contributed by atoms with Crippen molar-refractivity contribution < 1.29 is 21.2 Å². The summed E-state index contributed by atoms with van der Waals surface area (Å²) in [4.78, 5) is -0.466. The molecule has 118 valence electrons. The Kier molecular flexibility index (Phi) is 4.63. The molecular weight excluding hydrogens is 341 g/mol. The van der Waals surface area contributed by atoms with Crippen LogP contribution in [0.4, 0.5) is 4.39 Å². The first-order chi connectivity index (χ1) is 9.67. The summed E-state index contributed by atoms with van der Waals surface area (Å²) in [6.07, 6.45) is 0. The van der Waals surface area contributed by atoms with Crippen molar-refractivity contribution >= 4 is 31.5 Å². The number of benzene rings is 1. The minimum atomic E-state index is -4.09. The molecule has 0 saturated carbocycles. The van der Waals surface area contributed by atoms with Gasteiger partial charge in [-0.2, -0.15) is 4.31 Å². The summed E-state index contributed by atoms with van der Waals surface area (Å²) >= 11 is 5.64. The summed E-state index contributed by atoms with van der Waals surface area (Å²) < 4.78 is 63.0. The quantitative estimate of drug-likeness (QED) is 0.768. The zero-order chi connectivity index (χ0) is 15.8. The highest BCUT2D eigenvalue weighted by Crippen LogP contribution is 2.25. The van der Waals surface area contributed by atoms with E-state index < -0.39 is 36.6 Å². The van der Waals surface area contributed by atoms with Crippen LogP contribution in [0.2, 0.25) is 0 Å². The van der Waals surface area contributed by atoms with Crippen LogP contribution in [0.1, 0.15) is 12.5 Å². The minimum Gasteiger partial charge on any atom is -0.229 e. The standard InChI is InChI=1S/C12H15ClFNO4S2/c1-9-8-20(16,17)5-4-15(9)21(18,19)12-6-10(7-13)2-3-11(12)14/h2-3,6,9H,4-5,7-8H2,1H3. The number of sulfone groups is 1. The first-order valence-corrected chi connectivity index (χ1v) is 10.0. The maximum absolute atomic E-state index is 13.9.